The van der Waals surface area contributed by atoms with Gasteiger partial charge < -0.3 is 19.3 Å². The molecule has 6 nitrogen and oxygen atoms in total. The Bertz CT molecular complexity index is 1020. The molecule has 1 heterocycles. The van der Waals surface area contributed by atoms with Crippen molar-refractivity contribution in [3.8, 4) is 22.8 Å². The molecule has 2 aromatic carbocycles. The molecular formula is C25H27NO5. The zero-order chi connectivity index (χ0) is 22.2. The highest BCUT2D eigenvalue weighted by Gasteiger charge is 2.17. The van der Waals surface area contributed by atoms with Crippen LogP contribution in [0.3, 0.4) is 0 Å². The van der Waals surface area contributed by atoms with Gasteiger partial charge in [-0.25, -0.2) is 9.78 Å². The number of nitrogens with zero attached hydrogens (tertiary/aromatic N) is 1. The van der Waals surface area contributed by atoms with Crippen molar-refractivity contribution in [1.82, 2.24) is 4.98 Å². The number of carboxylic acids is 1. The highest BCUT2D eigenvalue weighted by molar-refractivity contribution is 5.68. The van der Waals surface area contributed by atoms with Crippen LogP contribution in [0.2, 0.25) is 0 Å². The van der Waals surface area contributed by atoms with Crippen molar-refractivity contribution in [2.45, 2.75) is 26.9 Å². The number of ether oxygens (including phenoxy) is 3. The Morgan fingerprint density at radius 3 is 2.52 bits per heavy atom. The summed E-state index contributed by atoms with van der Waals surface area (Å²) in [5.74, 6) is 0.124. The predicted molar refractivity (Wildman–Crippen MR) is 119 cm³/mol. The fourth-order valence-corrected chi connectivity index (χ4v) is 3.08. The summed E-state index contributed by atoms with van der Waals surface area (Å²) >= 11 is 0. The zero-order valence-electron chi connectivity index (χ0n) is 18.0. The molecule has 0 aliphatic rings. The number of benzene rings is 2. The van der Waals surface area contributed by atoms with Gasteiger partial charge in [0.05, 0.1) is 18.0 Å². The van der Waals surface area contributed by atoms with Crippen LogP contribution >= 0.6 is 0 Å². The maximum Gasteiger partial charge on any atom is 0.341 e. The summed E-state index contributed by atoms with van der Waals surface area (Å²) in [5.41, 5.74) is 4.67. The van der Waals surface area contributed by atoms with E-state index in [-0.39, 0.29) is 6.61 Å². The zero-order valence-corrected chi connectivity index (χ0v) is 18.0. The van der Waals surface area contributed by atoms with Crippen LogP contribution in [0.1, 0.15) is 29.8 Å². The van der Waals surface area contributed by atoms with Crippen LogP contribution in [0.25, 0.3) is 11.3 Å². The molecule has 3 aromatic rings. The quantitative estimate of drug-likeness (QED) is 0.497. The van der Waals surface area contributed by atoms with Gasteiger partial charge in [-0.1, -0.05) is 35.9 Å². The lowest BCUT2D eigenvalue weighted by atomic mass is 10.1. The van der Waals surface area contributed by atoms with Gasteiger partial charge >= 0.3 is 5.97 Å². The van der Waals surface area contributed by atoms with Crippen LogP contribution in [0.4, 0.5) is 0 Å². The normalized spacial score (nSPS) is 11.7. The van der Waals surface area contributed by atoms with E-state index in [9.17, 15) is 4.79 Å². The van der Waals surface area contributed by atoms with E-state index < -0.39 is 12.1 Å². The largest absolute Gasteiger partial charge is 0.482 e. The van der Waals surface area contributed by atoms with Crippen LogP contribution in [0, 0.1) is 13.8 Å². The number of aliphatic carboxylic acids is 1. The monoisotopic (exact) mass is 421 g/mol. The minimum absolute atomic E-state index is 0.358. The van der Waals surface area contributed by atoms with Gasteiger partial charge in [0.25, 0.3) is 0 Å². The van der Waals surface area contributed by atoms with Gasteiger partial charge in [-0.15, -0.1) is 0 Å². The van der Waals surface area contributed by atoms with Gasteiger partial charge in [-0.3, -0.25) is 0 Å². The van der Waals surface area contributed by atoms with E-state index in [1.807, 2.05) is 38.1 Å². The Hall–Kier alpha value is -3.38. The van der Waals surface area contributed by atoms with Crippen molar-refractivity contribution in [1.29, 1.82) is 0 Å². The molecule has 6 heteroatoms. The molecule has 3 rings (SSSR count). The average Bonchev–Trinajstić information content (AvgIpc) is 2.76. The maximum atomic E-state index is 10.7. The van der Waals surface area contributed by atoms with Crippen molar-refractivity contribution in [2.24, 2.45) is 0 Å². The van der Waals surface area contributed by atoms with Gasteiger partial charge in [0.1, 0.15) is 11.5 Å². The Labute approximate surface area is 182 Å². The van der Waals surface area contributed by atoms with E-state index in [4.69, 9.17) is 24.3 Å². The first-order valence-corrected chi connectivity index (χ1v) is 10.2. The molecule has 1 aromatic heterocycles. The third kappa shape index (κ3) is 6.30. The third-order valence-electron chi connectivity index (χ3n) is 4.70. The number of aromatic nitrogens is 1. The third-order valence-corrected chi connectivity index (χ3v) is 4.70. The molecule has 0 fully saturated rings. The number of pyridine rings is 1. The van der Waals surface area contributed by atoms with Crippen molar-refractivity contribution < 1.29 is 24.1 Å². The highest BCUT2D eigenvalue weighted by atomic mass is 16.5. The standard InChI is InChI=1S/C25H27NO5/c1-4-29-15-24(31-20-12-13-23(18(3)14-20)30-16-25(27)28)22-7-5-6-21(26-22)19-10-8-17(2)9-11-19/h5-14,24H,4,15-16H2,1-3H3,(H,27,28)/t24-/m0/s1. The molecular weight excluding hydrogens is 394 g/mol. The molecule has 0 saturated carbocycles. The van der Waals surface area contributed by atoms with Gasteiger partial charge in [0.15, 0.2) is 12.7 Å². The van der Waals surface area contributed by atoms with Crippen molar-refractivity contribution in [2.75, 3.05) is 19.8 Å². The molecule has 0 radical (unpaired) electrons. The number of rotatable bonds is 10. The number of aryl methyl sites for hydroxylation is 2. The Morgan fingerprint density at radius 1 is 1.06 bits per heavy atom. The number of hydrogen-bond donors (Lipinski definition) is 1. The first-order chi connectivity index (χ1) is 15.0. The summed E-state index contributed by atoms with van der Waals surface area (Å²) in [7, 11) is 0. The molecule has 1 atom stereocenters. The summed E-state index contributed by atoms with van der Waals surface area (Å²) in [6.45, 7) is 6.38. The van der Waals surface area contributed by atoms with Gasteiger partial charge in [-0.2, -0.15) is 0 Å². The fourth-order valence-electron chi connectivity index (χ4n) is 3.08. The second-order valence-electron chi connectivity index (χ2n) is 7.19. The molecule has 0 unspecified atom stereocenters. The average molecular weight is 421 g/mol. The van der Waals surface area contributed by atoms with E-state index in [1.165, 1.54) is 5.56 Å². The van der Waals surface area contributed by atoms with Crippen LogP contribution in [0.5, 0.6) is 11.5 Å². The smallest absolute Gasteiger partial charge is 0.341 e. The van der Waals surface area contributed by atoms with E-state index in [0.29, 0.717) is 24.7 Å². The molecule has 0 bridgehead atoms. The second kappa shape index (κ2) is 10.6. The molecule has 0 amide bonds. The summed E-state index contributed by atoms with van der Waals surface area (Å²) in [5, 5.41) is 8.80. The number of hydrogen-bond acceptors (Lipinski definition) is 5. The minimum Gasteiger partial charge on any atom is -0.482 e. The number of carboxylic acid groups (broad SMARTS) is 1. The van der Waals surface area contributed by atoms with Gasteiger partial charge in [0.2, 0.25) is 0 Å². The minimum atomic E-state index is -1.02. The highest BCUT2D eigenvalue weighted by Crippen LogP contribution is 2.28. The lowest BCUT2D eigenvalue weighted by Crippen LogP contribution is -2.16. The Balaban J connectivity index is 1.82. The van der Waals surface area contributed by atoms with Crippen LogP contribution in [-0.2, 0) is 9.53 Å². The molecule has 0 aliphatic carbocycles. The maximum absolute atomic E-state index is 10.7. The van der Waals surface area contributed by atoms with E-state index in [0.717, 1.165) is 22.5 Å². The first kappa shape index (κ1) is 22.3. The summed E-state index contributed by atoms with van der Waals surface area (Å²) < 4.78 is 17.2. The van der Waals surface area contributed by atoms with E-state index in [2.05, 4.69) is 31.2 Å². The molecule has 1 N–H and O–H groups in total. The van der Waals surface area contributed by atoms with Crippen LogP contribution in [0.15, 0.2) is 60.7 Å². The number of carbonyl (C=O) groups is 1. The van der Waals surface area contributed by atoms with Crippen molar-refractivity contribution in [3.63, 3.8) is 0 Å². The van der Waals surface area contributed by atoms with Crippen LogP contribution in [-0.4, -0.2) is 35.9 Å². The van der Waals surface area contributed by atoms with Crippen LogP contribution < -0.4 is 9.47 Å². The predicted octanol–water partition coefficient (Wildman–Crippen LogP) is 4.99. The van der Waals surface area contributed by atoms with Crippen molar-refractivity contribution >= 4 is 5.97 Å². The Kier molecular flexibility index (Phi) is 7.62. The Morgan fingerprint density at radius 2 is 1.84 bits per heavy atom. The van der Waals surface area contributed by atoms with E-state index >= 15 is 0 Å². The van der Waals surface area contributed by atoms with Gasteiger partial charge in [-0.05, 0) is 56.7 Å². The topological polar surface area (TPSA) is 77.9 Å². The van der Waals surface area contributed by atoms with Crippen molar-refractivity contribution in [3.05, 3.63) is 77.5 Å². The molecule has 31 heavy (non-hydrogen) atoms. The SMILES string of the molecule is CCOC[C@H](Oc1ccc(OCC(=O)O)c(C)c1)c1cccc(-c2ccc(C)cc2)n1. The lowest BCUT2D eigenvalue weighted by molar-refractivity contribution is -0.139. The molecule has 0 aliphatic heterocycles. The summed E-state index contributed by atoms with van der Waals surface area (Å²) in [4.78, 5) is 15.5. The summed E-state index contributed by atoms with van der Waals surface area (Å²) in [6, 6.07) is 19.4. The van der Waals surface area contributed by atoms with E-state index in [1.54, 1.807) is 12.1 Å². The molecule has 0 saturated heterocycles. The fraction of sp³-hybridized carbons (Fsp3) is 0.280. The second-order valence-corrected chi connectivity index (χ2v) is 7.19. The molecule has 0 spiro atoms. The van der Waals surface area contributed by atoms with Gasteiger partial charge in [0, 0.05) is 12.2 Å². The first-order valence-electron chi connectivity index (χ1n) is 10.2. The molecule has 162 valence electrons. The summed E-state index contributed by atoms with van der Waals surface area (Å²) in [6.07, 6.45) is -0.393. The lowest BCUT2D eigenvalue weighted by Gasteiger charge is -2.20.